The minimum atomic E-state index is 0.926. The molecule has 0 saturated heterocycles. The first kappa shape index (κ1) is 78.3. The highest BCUT2D eigenvalue weighted by Crippen LogP contribution is 2.49. The molecule has 0 aliphatic carbocycles. The maximum atomic E-state index is 2.43. The fourth-order valence-corrected chi connectivity index (χ4v) is 20.2. The van der Waals surface area contributed by atoms with Gasteiger partial charge in [-0.25, -0.2) is 0 Å². The third kappa shape index (κ3) is 14.4. The van der Waals surface area contributed by atoms with Crippen molar-refractivity contribution in [2.75, 3.05) is 0 Å². The molecule has 21 aromatic carbocycles. The van der Waals surface area contributed by atoms with E-state index in [4.69, 9.17) is 0 Å². The molecule has 0 fully saturated rings. The van der Waals surface area contributed by atoms with Crippen molar-refractivity contribution < 1.29 is 0 Å². The fraction of sp³-hybridized carbons (Fsp3) is 0.0635. The molecule has 0 spiro atoms. The predicted molar refractivity (Wildman–Crippen MR) is 550 cm³/mol. The van der Waals surface area contributed by atoms with E-state index >= 15 is 0 Å². The van der Waals surface area contributed by atoms with Crippen LogP contribution < -0.4 is 0 Å². The van der Waals surface area contributed by atoms with Gasteiger partial charge in [-0.3, -0.25) is 0 Å². The van der Waals surface area contributed by atoms with Crippen LogP contribution in [0.25, 0.3) is 231 Å². The summed E-state index contributed by atoms with van der Waals surface area (Å²) in [6.07, 6.45) is 0. The van der Waals surface area contributed by atoms with Gasteiger partial charge in [-0.2, -0.15) is 0 Å². The van der Waals surface area contributed by atoms with Crippen LogP contribution in [0.5, 0.6) is 0 Å². The lowest BCUT2D eigenvalue weighted by Gasteiger charge is -2.19. The van der Waals surface area contributed by atoms with E-state index in [9.17, 15) is 0 Å². The molecule has 2 nitrogen and oxygen atoms in total. The number of nitrogens with zero attached hydrogens (tertiary/aromatic N) is 2. The van der Waals surface area contributed by atoms with Crippen molar-refractivity contribution in [1.29, 1.82) is 0 Å². The maximum absolute atomic E-state index is 2.43. The van der Waals surface area contributed by atoms with Gasteiger partial charge in [0.1, 0.15) is 0 Å². The summed E-state index contributed by atoms with van der Waals surface area (Å²) in [5.41, 5.74) is 42.3. The average molecular weight is 1640 g/mol. The van der Waals surface area contributed by atoms with Crippen LogP contribution >= 0.6 is 0 Å². The highest BCUT2D eigenvalue weighted by Gasteiger charge is 2.23. The number of aryl methyl sites for hydroxylation is 6. The van der Waals surface area contributed by atoms with Gasteiger partial charge in [-0.15, -0.1) is 0 Å². The van der Waals surface area contributed by atoms with Crippen molar-refractivity contribution in [3.05, 3.63) is 459 Å². The Hall–Kier alpha value is -15.7. The van der Waals surface area contributed by atoms with Crippen LogP contribution in [0, 0.1) is 27.7 Å². The Morgan fingerprint density at radius 2 is 0.289 bits per heavy atom. The zero-order chi connectivity index (χ0) is 86.0. The summed E-state index contributed by atoms with van der Waals surface area (Å²) in [5, 5.41) is 15.4. The van der Waals surface area contributed by atoms with E-state index < -0.39 is 0 Å². The van der Waals surface area contributed by atoms with E-state index in [-0.39, 0.29) is 0 Å². The normalized spacial score (nSPS) is 11.6. The monoisotopic (exact) mass is 1630 g/mol. The summed E-state index contributed by atoms with van der Waals surface area (Å²) < 4.78 is 4.87. The SMILES string of the molecule is CCn1c2ccc(-c3ccccc3)cc2c2cc(-c3ccc(-c4ccc(-c5c6ccc(C)cc6c(-c6ccc(-c7ccc(-c8ccccc8)cc7)cc6)c6ccc(C)cc56)cc4)cc3)ccc21.CCn1c2ccc(-c3ccccc3)cc2c2cc(-c3ccc(-c4ccc(-c5c6ccc(C)cc6c(-c6ccc(-c7ccccc7)cc6)c6ccc(C)cc56)cc4)cc3)ccc21. The second kappa shape index (κ2) is 33.1. The standard InChI is InChI=1S/C66H49N.C60H45N/c1-4-67-63-37-33-55(46-13-9-6-10-14-46)41-59(63)60-42-56(34-38-64(60)67)52-23-21-49(22-24-52)51-27-31-54(32-28-51)66-58-36-16-43(2)39-61(58)65(57-35-15-44(3)40-62(57)66)53-29-25-50(26-30-53)48-19-17-47(18-20-48)45-11-7-5-8-12-45;1-4-61-57-33-29-49(42-13-9-6-10-14-42)37-53(57)54-38-50(30-34-58(54)61)46-19-17-44(18-20-46)45-23-27-48(28-24-45)60-52-32-16-39(2)35-55(52)59(51-31-15-40(3)36-56(51)60)47-25-21-43(22-26-47)41-11-7-5-8-12-41/h5-42H,4H2,1-3H3;5-38H,4H2,1-3H3. The van der Waals surface area contributed by atoms with Gasteiger partial charge < -0.3 is 9.13 Å². The van der Waals surface area contributed by atoms with E-state index in [2.05, 4.69) is 487 Å². The molecule has 0 atom stereocenters. The largest absolute Gasteiger partial charge is 0.341 e. The Labute approximate surface area is 748 Å². The molecule has 0 radical (unpaired) electrons. The molecule has 0 aliphatic heterocycles. The highest BCUT2D eigenvalue weighted by atomic mass is 15.0. The average Bonchev–Trinajstić information content (AvgIpc) is 1.16. The van der Waals surface area contributed by atoms with Crippen molar-refractivity contribution in [3.63, 3.8) is 0 Å². The third-order valence-corrected chi connectivity index (χ3v) is 26.7. The third-order valence-electron chi connectivity index (χ3n) is 26.7. The van der Waals surface area contributed by atoms with Crippen molar-refractivity contribution >= 4 is 86.7 Å². The Morgan fingerprint density at radius 1 is 0.133 bits per heavy atom. The molecule has 128 heavy (non-hydrogen) atoms. The van der Waals surface area contributed by atoms with E-state index in [0.717, 1.165) is 13.1 Å². The molecule has 0 N–H and O–H groups in total. The van der Waals surface area contributed by atoms with E-state index in [1.807, 2.05) is 0 Å². The molecule has 608 valence electrons. The second-order valence-corrected chi connectivity index (χ2v) is 34.6. The van der Waals surface area contributed by atoms with Gasteiger partial charge in [0.05, 0.1) is 0 Å². The maximum Gasteiger partial charge on any atom is 0.0491 e. The minimum Gasteiger partial charge on any atom is -0.341 e. The fourth-order valence-electron chi connectivity index (χ4n) is 20.2. The number of rotatable bonds is 15. The smallest absolute Gasteiger partial charge is 0.0491 e. The van der Waals surface area contributed by atoms with Crippen LogP contribution in [-0.2, 0) is 13.1 Å². The van der Waals surface area contributed by atoms with Crippen molar-refractivity contribution in [1.82, 2.24) is 9.13 Å². The van der Waals surface area contributed by atoms with Gasteiger partial charge in [-0.05, 0) is 278 Å². The van der Waals surface area contributed by atoms with Gasteiger partial charge in [0.2, 0.25) is 0 Å². The summed E-state index contributed by atoms with van der Waals surface area (Å²) >= 11 is 0. The zero-order valence-corrected chi connectivity index (χ0v) is 72.9. The Kier molecular flexibility index (Phi) is 20.2. The quantitative estimate of drug-likeness (QED) is 0.0906. The van der Waals surface area contributed by atoms with Crippen LogP contribution in [0.4, 0.5) is 0 Å². The first-order valence-corrected chi connectivity index (χ1v) is 45.0. The molecule has 0 unspecified atom stereocenters. The lowest BCUT2D eigenvalue weighted by Crippen LogP contribution is -1.93. The number of fused-ring (bicyclic) bond motifs is 10. The summed E-state index contributed by atoms with van der Waals surface area (Å²) in [7, 11) is 0. The summed E-state index contributed by atoms with van der Waals surface area (Å²) in [6, 6.07) is 162. The van der Waals surface area contributed by atoms with Crippen LogP contribution in [0.1, 0.15) is 36.1 Å². The highest BCUT2D eigenvalue weighted by molar-refractivity contribution is 6.24. The summed E-state index contributed by atoms with van der Waals surface area (Å²) in [4.78, 5) is 0. The first-order chi connectivity index (χ1) is 63.0. The molecule has 2 heterocycles. The Balaban J connectivity index is 0.000000151. The molecular weight excluding hydrogens is 1540 g/mol. The topological polar surface area (TPSA) is 9.86 Å². The zero-order valence-electron chi connectivity index (χ0n) is 72.9. The number of hydrogen-bond donors (Lipinski definition) is 0. The summed E-state index contributed by atoms with van der Waals surface area (Å²) in [6.45, 7) is 15.1. The molecular formula is C126H94N2. The number of aromatic nitrogens is 2. The Bertz CT molecular complexity index is 8170. The molecule has 0 aliphatic rings. The minimum absolute atomic E-state index is 0.926. The number of hydrogen-bond acceptors (Lipinski definition) is 0. The van der Waals surface area contributed by atoms with Crippen LogP contribution in [0.15, 0.2) is 437 Å². The van der Waals surface area contributed by atoms with Crippen molar-refractivity contribution in [2.45, 2.75) is 54.6 Å². The van der Waals surface area contributed by atoms with Gasteiger partial charge in [0.15, 0.2) is 0 Å². The van der Waals surface area contributed by atoms with Gasteiger partial charge in [0, 0.05) is 56.7 Å². The predicted octanol–water partition coefficient (Wildman–Crippen LogP) is 35.1. The summed E-state index contributed by atoms with van der Waals surface area (Å²) in [5.74, 6) is 0. The molecule has 2 heteroatoms. The van der Waals surface area contributed by atoms with E-state index in [1.165, 1.54) is 254 Å². The lowest BCUT2D eigenvalue weighted by molar-refractivity contribution is 0.827. The Morgan fingerprint density at radius 3 is 0.477 bits per heavy atom. The lowest BCUT2D eigenvalue weighted by atomic mass is 9.84. The van der Waals surface area contributed by atoms with Gasteiger partial charge in [-0.1, -0.05) is 411 Å². The van der Waals surface area contributed by atoms with Crippen LogP contribution in [0.3, 0.4) is 0 Å². The van der Waals surface area contributed by atoms with E-state index in [0.29, 0.717) is 0 Å². The second-order valence-electron chi connectivity index (χ2n) is 34.6. The van der Waals surface area contributed by atoms with Crippen molar-refractivity contribution in [2.24, 2.45) is 0 Å². The van der Waals surface area contributed by atoms with Crippen LogP contribution in [-0.4, -0.2) is 9.13 Å². The molecule has 0 bridgehead atoms. The molecule has 23 rings (SSSR count). The molecule has 23 aromatic rings. The van der Waals surface area contributed by atoms with Gasteiger partial charge >= 0.3 is 0 Å². The van der Waals surface area contributed by atoms with E-state index in [1.54, 1.807) is 0 Å². The first-order valence-electron chi connectivity index (χ1n) is 45.0. The van der Waals surface area contributed by atoms with Crippen molar-refractivity contribution in [3.8, 4) is 145 Å². The molecule has 0 amide bonds. The molecule has 0 saturated carbocycles. The molecule has 2 aromatic heterocycles. The van der Waals surface area contributed by atoms with Gasteiger partial charge in [0.25, 0.3) is 0 Å². The number of benzene rings is 21. The van der Waals surface area contributed by atoms with Crippen LogP contribution in [0.2, 0.25) is 0 Å².